The first-order valence-corrected chi connectivity index (χ1v) is 5.83. The first-order valence-electron chi connectivity index (χ1n) is 5.83. The fraction of sp³-hybridized carbons (Fsp3) is 0.385. The largest absolute Gasteiger partial charge is 0.507 e. The van der Waals surface area contributed by atoms with Crippen LogP contribution < -0.4 is 5.73 Å². The Morgan fingerprint density at radius 2 is 2.19 bits per heavy atom. The maximum atomic E-state index is 9.83. The topological polar surface area (TPSA) is 51.2 Å². The van der Waals surface area contributed by atoms with Gasteiger partial charge < -0.3 is 15.4 Å². The summed E-state index contributed by atoms with van der Waals surface area (Å²) in [6, 6.07) is 8.43. The first-order chi connectivity index (χ1) is 7.81. The van der Waals surface area contributed by atoms with Crippen molar-refractivity contribution in [2.45, 2.75) is 25.3 Å². The van der Waals surface area contributed by atoms with Crippen molar-refractivity contribution in [3.8, 4) is 5.75 Å². The highest BCUT2D eigenvalue weighted by atomic mass is 16.3. The first kappa shape index (κ1) is 9.73. The third-order valence-corrected chi connectivity index (χ3v) is 3.25. The number of hydrogen-bond acceptors (Lipinski definition) is 2. The molecule has 3 nitrogen and oxygen atoms in total. The van der Waals surface area contributed by atoms with Crippen LogP contribution in [-0.4, -0.2) is 16.2 Å². The van der Waals surface area contributed by atoms with Crippen molar-refractivity contribution in [3.05, 3.63) is 30.0 Å². The Bertz CT molecular complexity index is 526. The molecule has 1 heterocycles. The molecule has 1 fully saturated rings. The van der Waals surface area contributed by atoms with Crippen molar-refractivity contribution < 1.29 is 5.11 Å². The van der Waals surface area contributed by atoms with Gasteiger partial charge in [-0.1, -0.05) is 6.07 Å². The van der Waals surface area contributed by atoms with Gasteiger partial charge in [-0.25, -0.2) is 0 Å². The van der Waals surface area contributed by atoms with E-state index in [1.165, 1.54) is 18.5 Å². The zero-order chi connectivity index (χ0) is 11.1. The van der Waals surface area contributed by atoms with E-state index in [0.29, 0.717) is 18.3 Å². The van der Waals surface area contributed by atoms with Crippen LogP contribution in [0.15, 0.2) is 24.3 Å². The zero-order valence-electron chi connectivity index (χ0n) is 9.19. The molecule has 3 rings (SSSR count). The smallest absolute Gasteiger partial charge is 0.124 e. The highest BCUT2D eigenvalue weighted by molar-refractivity contribution is 5.87. The summed E-state index contributed by atoms with van der Waals surface area (Å²) in [5.41, 5.74) is 8.03. The summed E-state index contributed by atoms with van der Waals surface area (Å²) in [5.74, 6) is 0.371. The van der Waals surface area contributed by atoms with Crippen LogP contribution in [0.25, 0.3) is 10.9 Å². The molecule has 0 unspecified atom stereocenters. The minimum Gasteiger partial charge on any atom is -0.507 e. The van der Waals surface area contributed by atoms with Gasteiger partial charge in [0.15, 0.2) is 0 Å². The molecule has 0 amide bonds. The van der Waals surface area contributed by atoms with Gasteiger partial charge in [-0.15, -0.1) is 0 Å². The molecule has 3 heteroatoms. The van der Waals surface area contributed by atoms with E-state index in [2.05, 4.69) is 16.7 Å². The van der Waals surface area contributed by atoms with E-state index in [1.807, 2.05) is 6.07 Å². The van der Waals surface area contributed by atoms with Crippen molar-refractivity contribution in [3.63, 3.8) is 0 Å². The van der Waals surface area contributed by atoms with Crippen molar-refractivity contribution >= 4 is 10.9 Å². The van der Waals surface area contributed by atoms with Gasteiger partial charge in [0.25, 0.3) is 0 Å². The van der Waals surface area contributed by atoms with E-state index in [1.54, 1.807) is 6.07 Å². The number of fused-ring (bicyclic) bond motifs is 1. The molecule has 0 radical (unpaired) electrons. The molecule has 1 saturated carbocycles. The Morgan fingerprint density at radius 3 is 2.88 bits per heavy atom. The Morgan fingerprint density at radius 1 is 1.38 bits per heavy atom. The number of rotatable bonds is 3. The van der Waals surface area contributed by atoms with E-state index in [0.717, 1.165) is 17.3 Å². The summed E-state index contributed by atoms with van der Waals surface area (Å²) in [5, 5.41) is 10.8. The van der Waals surface area contributed by atoms with E-state index in [4.69, 9.17) is 5.73 Å². The summed E-state index contributed by atoms with van der Waals surface area (Å²) in [4.78, 5) is 0. The van der Waals surface area contributed by atoms with Crippen molar-refractivity contribution in [2.75, 3.05) is 6.54 Å². The molecule has 84 valence electrons. The SMILES string of the molecule is NCCc1cc2c(O)cccc2n1C1CC1. The van der Waals surface area contributed by atoms with Gasteiger partial charge in [0.2, 0.25) is 0 Å². The Hall–Kier alpha value is -1.48. The molecular weight excluding hydrogens is 200 g/mol. The van der Waals surface area contributed by atoms with E-state index in [-0.39, 0.29) is 0 Å². The lowest BCUT2D eigenvalue weighted by Crippen LogP contribution is -2.07. The average Bonchev–Trinajstić information content (AvgIpc) is 3.02. The van der Waals surface area contributed by atoms with Crippen LogP contribution in [0.4, 0.5) is 0 Å². The van der Waals surface area contributed by atoms with Gasteiger partial charge >= 0.3 is 0 Å². The number of phenolic OH excluding ortho intramolecular Hbond substituents is 1. The second-order valence-electron chi connectivity index (χ2n) is 4.49. The molecule has 0 atom stereocenters. The predicted molar refractivity (Wildman–Crippen MR) is 64.6 cm³/mol. The molecule has 1 aliphatic carbocycles. The second kappa shape index (κ2) is 3.52. The molecule has 16 heavy (non-hydrogen) atoms. The number of aromatic nitrogens is 1. The van der Waals surface area contributed by atoms with Crippen LogP contribution in [0.3, 0.4) is 0 Å². The maximum absolute atomic E-state index is 9.83. The van der Waals surface area contributed by atoms with Gasteiger partial charge in [0, 0.05) is 17.1 Å². The average molecular weight is 216 g/mol. The van der Waals surface area contributed by atoms with Crippen LogP contribution >= 0.6 is 0 Å². The quantitative estimate of drug-likeness (QED) is 0.826. The standard InChI is InChI=1S/C13H16N2O/c14-7-6-10-8-11-12(2-1-3-13(11)16)15(10)9-4-5-9/h1-3,8-9,16H,4-7,14H2. The number of nitrogens with zero attached hydrogens (tertiary/aromatic N) is 1. The lowest BCUT2D eigenvalue weighted by Gasteiger charge is -2.08. The number of nitrogens with two attached hydrogens (primary N) is 1. The summed E-state index contributed by atoms with van der Waals surface area (Å²) >= 11 is 0. The molecule has 3 N–H and O–H groups in total. The molecule has 1 aromatic carbocycles. The minimum absolute atomic E-state index is 0.371. The van der Waals surface area contributed by atoms with Crippen molar-refractivity contribution in [1.82, 2.24) is 4.57 Å². The van der Waals surface area contributed by atoms with Gasteiger partial charge in [0.1, 0.15) is 5.75 Å². The number of phenols is 1. The highest BCUT2D eigenvalue weighted by Crippen LogP contribution is 2.41. The number of aromatic hydroxyl groups is 1. The summed E-state index contributed by atoms with van der Waals surface area (Å²) in [7, 11) is 0. The lowest BCUT2D eigenvalue weighted by molar-refractivity contribution is 0.481. The van der Waals surface area contributed by atoms with Crippen molar-refractivity contribution in [1.29, 1.82) is 0 Å². The van der Waals surface area contributed by atoms with Gasteiger partial charge in [-0.05, 0) is 44.0 Å². The molecule has 0 aliphatic heterocycles. The molecule has 0 bridgehead atoms. The molecule has 1 aromatic heterocycles. The highest BCUT2D eigenvalue weighted by Gasteiger charge is 2.27. The summed E-state index contributed by atoms with van der Waals surface area (Å²) in [6.07, 6.45) is 3.37. The van der Waals surface area contributed by atoms with Crippen LogP contribution in [0, 0.1) is 0 Å². The van der Waals surface area contributed by atoms with Crippen molar-refractivity contribution in [2.24, 2.45) is 5.73 Å². The fourth-order valence-electron chi connectivity index (χ4n) is 2.39. The predicted octanol–water partition coefficient (Wildman–Crippen LogP) is 2.18. The maximum Gasteiger partial charge on any atom is 0.124 e. The molecule has 1 aliphatic rings. The number of hydrogen-bond donors (Lipinski definition) is 2. The van der Waals surface area contributed by atoms with E-state index in [9.17, 15) is 5.11 Å². The summed E-state index contributed by atoms with van der Waals surface area (Å²) in [6.45, 7) is 0.657. The van der Waals surface area contributed by atoms with Gasteiger partial charge in [-0.3, -0.25) is 0 Å². The lowest BCUT2D eigenvalue weighted by atomic mass is 10.2. The Labute approximate surface area is 94.5 Å². The fourth-order valence-corrected chi connectivity index (χ4v) is 2.39. The van der Waals surface area contributed by atoms with Crippen LogP contribution in [-0.2, 0) is 6.42 Å². The summed E-state index contributed by atoms with van der Waals surface area (Å²) < 4.78 is 2.35. The van der Waals surface area contributed by atoms with Gasteiger partial charge in [-0.2, -0.15) is 0 Å². The van der Waals surface area contributed by atoms with Crippen LogP contribution in [0.1, 0.15) is 24.6 Å². The van der Waals surface area contributed by atoms with Gasteiger partial charge in [0.05, 0.1) is 5.52 Å². The minimum atomic E-state index is 0.371. The molecule has 0 spiro atoms. The molecule has 2 aromatic rings. The van der Waals surface area contributed by atoms with E-state index < -0.39 is 0 Å². The van der Waals surface area contributed by atoms with Crippen LogP contribution in [0.5, 0.6) is 5.75 Å². The molecule has 0 saturated heterocycles. The number of benzene rings is 1. The Balaban J connectivity index is 2.24. The Kier molecular flexibility index (Phi) is 2.14. The zero-order valence-corrected chi connectivity index (χ0v) is 9.19. The second-order valence-corrected chi connectivity index (χ2v) is 4.49. The monoisotopic (exact) mass is 216 g/mol. The van der Waals surface area contributed by atoms with E-state index >= 15 is 0 Å². The third-order valence-electron chi connectivity index (χ3n) is 3.25. The molecular formula is C13H16N2O. The van der Waals surface area contributed by atoms with Crippen LogP contribution in [0.2, 0.25) is 0 Å². The third kappa shape index (κ3) is 1.39. The normalized spacial score (nSPS) is 15.8.